The zero-order valence-corrected chi connectivity index (χ0v) is 30.5. The molecule has 0 aliphatic heterocycles. The van der Waals surface area contributed by atoms with Crippen molar-refractivity contribution in [2.75, 3.05) is 0 Å². The highest BCUT2D eigenvalue weighted by Gasteiger charge is 2.32. The van der Waals surface area contributed by atoms with E-state index < -0.39 is 0 Å². The Morgan fingerprint density at radius 2 is 0.925 bits per heavy atom. The van der Waals surface area contributed by atoms with Crippen molar-refractivity contribution < 1.29 is 0 Å². The van der Waals surface area contributed by atoms with Gasteiger partial charge in [-0.05, 0) is 146 Å². The SMILES string of the molecule is Cc1ccc2cc(C(C)(C)C)cc3c2c1-c1ccc(-c2ccc4c5c(cccc25)-c2c-4c(-c4ccccc4)c4ccccc4c2-c2ccccc2)cc1-3. The zero-order valence-electron chi connectivity index (χ0n) is 30.5. The summed E-state index contributed by atoms with van der Waals surface area (Å²) in [5.41, 5.74) is 21.2. The molecule has 0 fully saturated rings. The summed E-state index contributed by atoms with van der Waals surface area (Å²) >= 11 is 0. The van der Waals surface area contributed by atoms with E-state index in [9.17, 15) is 0 Å². The third kappa shape index (κ3) is 4.24. The summed E-state index contributed by atoms with van der Waals surface area (Å²) in [4.78, 5) is 0. The van der Waals surface area contributed by atoms with Gasteiger partial charge in [-0.15, -0.1) is 0 Å². The molecule has 2 aliphatic rings. The van der Waals surface area contributed by atoms with Gasteiger partial charge in [0.25, 0.3) is 0 Å². The van der Waals surface area contributed by atoms with Crippen LogP contribution in [0.4, 0.5) is 0 Å². The molecule has 0 saturated carbocycles. The molecule has 0 unspecified atom stereocenters. The first-order chi connectivity index (χ1) is 25.9. The lowest BCUT2D eigenvalue weighted by atomic mass is 9.82. The van der Waals surface area contributed by atoms with Gasteiger partial charge in [0.05, 0.1) is 0 Å². The van der Waals surface area contributed by atoms with Gasteiger partial charge in [0, 0.05) is 0 Å². The van der Waals surface area contributed by atoms with Crippen LogP contribution < -0.4 is 0 Å². The van der Waals surface area contributed by atoms with Crippen LogP contribution in [-0.2, 0) is 5.41 Å². The van der Waals surface area contributed by atoms with Crippen LogP contribution in [0, 0.1) is 6.92 Å². The Labute approximate surface area is 311 Å². The summed E-state index contributed by atoms with van der Waals surface area (Å²) in [5.74, 6) is 0. The Hall–Kier alpha value is -6.24. The van der Waals surface area contributed by atoms with Crippen LogP contribution in [-0.4, -0.2) is 0 Å². The van der Waals surface area contributed by atoms with Crippen LogP contribution in [0.1, 0.15) is 31.9 Å². The van der Waals surface area contributed by atoms with E-state index >= 15 is 0 Å². The van der Waals surface area contributed by atoms with Gasteiger partial charge in [-0.2, -0.15) is 0 Å². The largest absolute Gasteiger partial charge is 0.0622 e. The first-order valence-corrected chi connectivity index (χ1v) is 18.9. The molecular formula is C53H38. The van der Waals surface area contributed by atoms with Crippen LogP contribution >= 0.6 is 0 Å². The monoisotopic (exact) mass is 674 g/mol. The molecule has 250 valence electrons. The Balaban J connectivity index is 1.20. The fraction of sp³-hybridized carbons (Fsp3) is 0.0943. The van der Waals surface area contributed by atoms with E-state index in [-0.39, 0.29) is 5.41 Å². The zero-order chi connectivity index (χ0) is 35.6. The molecule has 11 rings (SSSR count). The molecule has 0 aromatic heterocycles. The summed E-state index contributed by atoms with van der Waals surface area (Å²) in [6.07, 6.45) is 0. The summed E-state index contributed by atoms with van der Waals surface area (Å²) in [6, 6.07) is 59.5. The fourth-order valence-electron chi connectivity index (χ4n) is 9.58. The van der Waals surface area contributed by atoms with Gasteiger partial charge < -0.3 is 0 Å². The molecule has 9 aromatic carbocycles. The maximum atomic E-state index is 2.47. The third-order valence-electron chi connectivity index (χ3n) is 12.0. The van der Waals surface area contributed by atoms with Gasteiger partial charge >= 0.3 is 0 Å². The second-order valence-electron chi connectivity index (χ2n) is 16.1. The van der Waals surface area contributed by atoms with E-state index in [2.05, 4.69) is 185 Å². The number of aryl methyl sites for hydroxylation is 1. The molecule has 2 aliphatic carbocycles. The topological polar surface area (TPSA) is 0 Å². The Morgan fingerprint density at radius 3 is 1.58 bits per heavy atom. The highest BCUT2D eigenvalue weighted by Crippen LogP contribution is 2.59. The smallest absolute Gasteiger partial charge is 0.000741 e. The first kappa shape index (κ1) is 30.4. The fourth-order valence-corrected chi connectivity index (χ4v) is 9.58. The molecule has 0 atom stereocenters. The van der Waals surface area contributed by atoms with Gasteiger partial charge in [-0.3, -0.25) is 0 Å². The van der Waals surface area contributed by atoms with Gasteiger partial charge in [0.15, 0.2) is 0 Å². The second kappa shape index (κ2) is 10.9. The van der Waals surface area contributed by atoms with Gasteiger partial charge in [-0.25, -0.2) is 0 Å². The number of benzene rings is 9. The average molecular weight is 675 g/mol. The van der Waals surface area contributed by atoms with Crippen molar-refractivity contribution in [3.8, 4) is 77.9 Å². The van der Waals surface area contributed by atoms with E-state index in [1.54, 1.807) is 0 Å². The van der Waals surface area contributed by atoms with Crippen LogP contribution in [0.3, 0.4) is 0 Å². The van der Waals surface area contributed by atoms with Crippen molar-refractivity contribution in [1.82, 2.24) is 0 Å². The van der Waals surface area contributed by atoms with E-state index in [0.29, 0.717) is 0 Å². The van der Waals surface area contributed by atoms with E-state index in [1.807, 2.05) is 0 Å². The van der Waals surface area contributed by atoms with Crippen LogP contribution in [0.15, 0.2) is 158 Å². The molecule has 0 spiro atoms. The number of hydrogen-bond acceptors (Lipinski definition) is 0. The number of hydrogen-bond donors (Lipinski definition) is 0. The van der Waals surface area contributed by atoms with Crippen molar-refractivity contribution in [3.63, 3.8) is 0 Å². The number of fused-ring (bicyclic) bond motifs is 7. The lowest BCUT2D eigenvalue weighted by molar-refractivity contribution is 0.591. The lowest BCUT2D eigenvalue weighted by Crippen LogP contribution is -2.10. The van der Waals surface area contributed by atoms with E-state index in [0.717, 1.165) is 0 Å². The van der Waals surface area contributed by atoms with Gasteiger partial charge in [0.2, 0.25) is 0 Å². The first-order valence-electron chi connectivity index (χ1n) is 18.9. The van der Waals surface area contributed by atoms with Crippen molar-refractivity contribution in [3.05, 3.63) is 169 Å². The molecule has 0 nitrogen and oxygen atoms in total. The molecule has 0 amide bonds. The molecule has 0 heteroatoms. The predicted octanol–water partition coefficient (Wildman–Crippen LogP) is 15.0. The highest BCUT2D eigenvalue weighted by molar-refractivity contribution is 6.29. The molecule has 0 radical (unpaired) electrons. The second-order valence-corrected chi connectivity index (χ2v) is 16.1. The van der Waals surface area contributed by atoms with Gasteiger partial charge in [-0.1, -0.05) is 166 Å². The minimum absolute atomic E-state index is 0.0603. The summed E-state index contributed by atoms with van der Waals surface area (Å²) < 4.78 is 0. The standard InChI is InChI=1S/C53H38/c1-31-22-23-35-28-36(53(2,3)4)30-45-44-29-34(24-25-41(44)46(31)49(35)45)37-26-27-43-50-38(37)20-13-21-42(50)51-47(32-14-7-5-8-15-32)39-18-11-12-19-40(39)48(52(43)51)33-16-9-6-10-17-33/h5-30H,1-4H3. The molecule has 53 heavy (non-hydrogen) atoms. The van der Waals surface area contributed by atoms with Crippen molar-refractivity contribution >= 4 is 32.3 Å². The van der Waals surface area contributed by atoms with Gasteiger partial charge in [0.1, 0.15) is 0 Å². The lowest BCUT2D eigenvalue weighted by Gasteiger charge is -2.21. The average Bonchev–Trinajstić information content (AvgIpc) is 3.70. The molecule has 0 heterocycles. The minimum atomic E-state index is 0.0603. The number of rotatable bonds is 3. The normalized spacial score (nSPS) is 12.5. The molecular weight excluding hydrogens is 637 g/mol. The predicted molar refractivity (Wildman–Crippen MR) is 228 cm³/mol. The van der Waals surface area contributed by atoms with Crippen molar-refractivity contribution in [1.29, 1.82) is 0 Å². The Kier molecular flexibility index (Phi) is 6.24. The van der Waals surface area contributed by atoms with Crippen LogP contribution in [0.5, 0.6) is 0 Å². The summed E-state index contributed by atoms with van der Waals surface area (Å²) in [7, 11) is 0. The molecule has 0 saturated heterocycles. The van der Waals surface area contributed by atoms with Crippen LogP contribution in [0.2, 0.25) is 0 Å². The highest BCUT2D eigenvalue weighted by atomic mass is 14.3. The maximum Gasteiger partial charge on any atom is -0.000741 e. The maximum absolute atomic E-state index is 2.47. The summed E-state index contributed by atoms with van der Waals surface area (Å²) in [6.45, 7) is 9.23. The van der Waals surface area contributed by atoms with E-state index in [4.69, 9.17) is 0 Å². The Morgan fingerprint density at radius 1 is 0.340 bits per heavy atom. The minimum Gasteiger partial charge on any atom is -0.0622 e. The molecule has 0 bridgehead atoms. The quantitative estimate of drug-likeness (QED) is 0.175. The molecule has 0 N–H and O–H groups in total. The van der Waals surface area contributed by atoms with Crippen molar-refractivity contribution in [2.24, 2.45) is 0 Å². The van der Waals surface area contributed by atoms with Crippen LogP contribution in [0.25, 0.3) is 110 Å². The van der Waals surface area contributed by atoms with E-state index in [1.165, 1.54) is 121 Å². The Bertz CT molecular complexity index is 2920. The molecule has 9 aromatic rings. The summed E-state index contributed by atoms with van der Waals surface area (Å²) in [5, 5.41) is 7.97. The van der Waals surface area contributed by atoms with Crippen molar-refractivity contribution in [2.45, 2.75) is 33.1 Å². The third-order valence-corrected chi connectivity index (χ3v) is 12.0.